The van der Waals surface area contributed by atoms with Gasteiger partial charge in [0.05, 0.1) is 32.5 Å². The molecule has 17 atom stereocenters. The van der Waals surface area contributed by atoms with Gasteiger partial charge in [0.1, 0.15) is 73.2 Å². The molecular weight excluding hydrogens is 538 g/mol. The Hall–Kier alpha value is -0.720. The maximum absolute atomic E-state index is 10.7. The Morgan fingerprint density at radius 2 is 0.974 bits per heavy atom. The second-order valence-electron chi connectivity index (χ2n) is 9.80. The van der Waals surface area contributed by atoms with Crippen molar-refractivity contribution in [3.05, 3.63) is 0 Å². The van der Waals surface area contributed by atoms with Gasteiger partial charge in [-0.05, 0) is 0 Å². The standard InChI is InChI=1S/C21H37NO17/c22-9-13(29)10(26)5(1-23)35-19(9)39-17-16(38-21-15(31)12(28)7(3-25)37-21)8(34-18(17)32)4-33-20-14(30)11(27)6(2-24)36-20/h5-21,23-32H,1-4,22H2/t5-,6-,7-,8-,9-,10+,11-,12-,13-,14+,15+,16-,17+,18+,19-,20+,21-/m1/s1. The molecule has 18 nitrogen and oxygen atoms in total. The van der Waals surface area contributed by atoms with Crippen molar-refractivity contribution < 1.29 is 84.2 Å². The van der Waals surface area contributed by atoms with E-state index < -0.39 is 131 Å². The molecule has 0 aromatic carbocycles. The Morgan fingerprint density at radius 3 is 1.54 bits per heavy atom. The fourth-order valence-corrected chi connectivity index (χ4v) is 4.86. The Bertz CT molecular complexity index is 781. The number of rotatable bonds is 10. The zero-order valence-electron chi connectivity index (χ0n) is 20.6. The predicted molar refractivity (Wildman–Crippen MR) is 118 cm³/mol. The maximum Gasteiger partial charge on any atom is 0.187 e. The Labute approximate surface area is 221 Å². The van der Waals surface area contributed by atoms with E-state index in [0.29, 0.717) is 0 Å². The van der Waals surface area contributed by atoms with Crippen LogP contribution in [-0.2, 0) is 33.2 Å². The summed E-state index contributed by atoms with van der Waals surface area (Å²) in [7, 11) is 0. The number of hydrogen-bond donors (Lipinski definition) is 11. The fraction of sp³-hybridized carbons (Fsp3) is 1.00. The molecule has 39 heavy (non-hydrogen) atoms. The molecule has 0 radical (unpaired) electrons. The van der Waals surface area contributed by atoms with Crippen molar-refractivity contribution >= 4 is 0 Å². The normalized spacial score (nSPS) is 52.5. The second kappa shape index (κ2) is 13.1. The van der Waals surface area contributed by atoms with Crippen molar-refractivity contribution in [2.75, 3.05) is 26.4 Å². The van der Waals surface area contributed by atoms with Crippen LogP contribution < -0.4 is 5.73 Å². The van der Waals surface area contributed by atoms with Crippen LogP contribution in [0.1, 0.15) is 0 Å². The summed E-state index contributed by atoms with van der Waals surface area (Å²) >= 11 is 0. The third-order valence-electron chi connectivity index (χ3n) is 7.22. The lowest BCUT2D eigenvalue weighted by atomic mass is 9.97. The largest absolute Gasteiger partial charge is 0.394 e. The average molecular weight is 576 g/mol. The summed E-state index contributed by atoms with van der Waals surface area (Å²) in [6.45, 7) is -2.41. The minimum atomic E-state index is -1.77. The lowest BCUT2D eigenvalue weighted by Gasteiger charge is -2.42. The summed E-state index contributed by atoms with van der Waals surface area (Å²) in [5.74, 6) is 0. The highest BCUT2D eigenvalue weighted by atomic mass is 16.8. The van der Waals surface area contributed by atoms with E-state index in [1.807, 2.05) is 0 Å². The molecule has 0 unspecified atom stereocenters. The molecule has 4 fully saturated rings. The number of nitrogens with two attached hydrogens (primary N) is 1. The summed E-state index contributed by atoms with van der Waals surface area (Å²) < 4.78 is 38.6. The molecule has 0 aromatic rings. The molecule has 4 saturated heterocycles. The van der Waals surface area contributed by atoms with Crippen molar-refractivity contribution in [1.82, 2.24) is 0 Å². The van der Waals surface area contributed by atoms with E-state index >= 15 is 0 Å². The maximum atomic E-state index is 10.7. The van der Waals surface area contributed by atoms with Crippen LogP contribution in [0.5, 0.6) is 0 Å². The van der Waals surface area contributed by atoms with Crippen LogP contribution in [0.4, 0.5) is 0 Å². The van der Waals surface area contributed by atoms with Gasteiger partial charge in [-0.1, -0.05) is 0 Å². The minimum absolute atomic E-state index is 0.471. The molecule has 0 aromatic heterocycles. The molecule has 228 valence electrons. The molecule has 0 bridgehead atoms. The lowest BCUT2D eigenvalue weighted by Crippen LogP contribution is -2.63. The summed E-state index contributed by atoms with van der Waals surface area (Å²) in [5.41, 5.74) is 5.93. The Kier molecular flexibility index (Phi) is 10.5. The van der Waals surface area contributed by atoms with Crippen LogP contribution in [0, 0.1) is 0 Å². The molecule has 0 aliphatic carbocycles. The third kappa shape index (κ3) is 6.23. The zero-order valence-corrected chi connectivity index (χ0v) is 20.6. The smallest absolute Gasteiger partial charge is 0.187 e. The second-order valence-corrected chi connectivity index (χ2v) is 9.80. The molecule has 0 saturated carbocycles. The Balaban J connectivity index is 1.50. The molecule has 4 aliphatic rings. The summed E-state index contributed by atoms with van der Waals surface area (Å²) in [4.78, 5) is 0. The highest BCUT2D eigenvalue weighted by Gasteiger charge is 2.54. The number of aliphatic hydroxyl groups is 10. The topological polar surface area (TPSA) is 293 Å². The van der Waals surface area contributed by atoms with Crippen molar-refractivity contribution in [3.8, 4) is 0 Å². The first-order valence-electron chi connectivity index (χ1n) is 12.4. The van der Waals surface area contributed by atoms with Gasteiger partial charge >= 0.3 is 0 Å². The van der Waals surface area contributed by atoms with E-state index in [2.05, 4.69) is 0 Å². The number of hydrogen-bond acceptors (Lipinski definition) is 18. The molecule has 4 heterocycles. The monoisotopic (exact) mass is 575 g/mol. The van der Waals surface area contributed by atoms with E-state index in [-0.39, 0.29) is 0 Å². The van der Waals surface area contributed by atoms with E-state index in [0.717, 1.165) is 0 Å². The first-order valence-corrected chi connectivity index (χ1v) is 12.4. The number of aliphatic hydroxyl groups excluding tert-OH is 10. The first kappa shape index (κ1) is 31.2. The van der Waals surface area contributed by atoms with Crippen molar-refractivity contribution in [1.29, 1.82) is 0 Å². The summed E-state index contributed by atoms with van der Waals surface area (Å²) in [6.07, 6.45) is -23.1. The molecule has 4 rings (SSSR count). The van der Waals surface area contributed by atoms with Crippen LogP contribution in [-0.4, -0.2) is 182 Å². The summed E-state index contributed by atoms with van der Waals surface area (Å²) in [5, 5.41) is 99.6. The van der Waals surface area contributed by atoms with Crippen molar-refractivity contribution in [2.24, 2.45) is 5.73 Å². The first-order chi connectivity index (χ1) is 18.5. The summed E-state index contributed by atoms with van der Waals surface area (Å²) in [6, 6.07) is -1.35. The van der Waals surface area contributed by atoms with E-state index in [1.54, 1.807) is 0 Å². The highest BCUT2D eigenvalue weighted by molar-refractivity contribution is 4.96. The SMILES string of the molecule is N[C@H]1[C@@H](O[C@H]2[C@H](O[C@H]3O[C@H](CO)[C@@H](O)[C@@H]3O)[C@@H](CO[C@H]3O[C@H](CO)[C@@H](O)[C@@H]3O)O[C@@H]2O)O[C@H](CO)[C@H](O)[C@@H]1O. The van der Waals surface area contributed by atoms with Crippen LogP contribution in [0.15, 0.2) is 0 Å². The van der Waals surface area contributed by atoms with E-state index in [1.165, 1.54) is 0 Å². The van der Waals surface area contributed by atoms with E-state index in [4.69, 9.17) is 38.9 Å². The van der Waals surface area contributed by atoms with Crippen molar-refractivity contribution in [2.45, 2.75) is 104 Å². The van der Waals surface area contributed by atoms with Crippen LogP contribution in [0.2, 0.25) is 0 Å². The van der Waals surface area contributed by atoms with Gasteiger partial charge in [0.15, 0.2) is 25.2 Å². The van der Waals surface area contributed by atoms with Gasteiger partial charge in [0.2, 0.25) is 0 Å². The quantitative estimate of drug-likeness (QED) is 0.115. The van der Waals surface area contributed by atoms with Crippen molar-refractivity contribution in [3.63, 3.8) is 0 Å². The molecule has 4 aliphatic heterocycles. The average Bonchev–Trinajstić information content (AvgIpc) is 3.48. The minimum Gasteiger partial charge on any atom is -0.394 e. The van der Waals surface area contributed by atoms with Gasteiger partial charge in [0.25, 0.3) is 0 Å². The molecule has 0 amide bonds. The third-order valence-corrected chi connectivity index (χ3v) is 7.22. The van der Waals surface area contributed by atoms with Crippen LogP contribution in [0.3, 0.4) is 0 Å². The number of ether oxygens (including phenoxy) is 7. The van der Waals surface area contributed by atoms with Gasteiger partial charge in [0, 0.05) is 0 Å². The van der Waals surface area contributed by atoms with Gasteiger partial charge in [-0.3, -0.25) is 0 Å². The van der Waals surface area contributed by atoms with Gasteiger partial charge in [-0.2, -0.15) is 0 Å². The van der Waals surface area contributed by atoms with Crippen LogP contribution >= 0.6 is 0 Å². The fourth-order valence-electron chi connectivity index (χ4n) is 4.86. The van der Waals surface area contributed by atoms with E-state index in [9.17, 15) is 51.1 Å². The Morgan fingerprint density at radius 1 is 0.513 bits per heavy atom. The molecule has 0 spiro atoms. The van der Waals surface area contributed by atoms with Gasteiger partial charge in [-0.25, -0.2) is 0 Å². The highest BCUT2D eigenvalue weighted by Crippen LogP contribution is 2.34. The predicted octanol–water partition coefficient (Wildman–Crippen LogP) is -7.87. The van der Waals surface area contributed by atoms with Gasteiger partial charge in [-0.15, -0.1) is 0 Å². The van der Waals surface area contributed by atoms with Gasteiger partial charge < -0.3 is 90.0 Å². The zero-order chi connectivity index (χ0) is 28.6. The molecule has 18 heteroatoms. The molecular formula is C21H37NO17. The molecule has 12 N–H and O–H groups in total. The van der Waals surface area contributed by atoms with Crippen LogP contribution in [0.25, 0.3) is 0 Å². The lowest BCUT2D eigenvalue weighted by molar-refractivity contribution is -0.303.